The summed E-state index contributed by atoms with van der Waals surface area (Å²) >= 11 is 6.86. The van der Waals surface area contributed by atoms with E-state index in [0.29, 0.717) is 32.5 Å². The highest BCUT2D eigenvalue weighted by Crippen LogP contribution is 2.36. The van der Waals surface area contributed by atoms with E-state index in [4.69, 9.17) is 4.74 Å². The number of nitriles is 1. The monoisotopic (exact) mass is 530 g/mol. The summed E-state index contributed by atoms with van der Waals surface area (Å²) in [5.74, 6) is 0.0718. The van der Waals surface area contributed by atoms with Crippen molar-refractivity contribution in [2.75, 3.05) is 0 Å². The quantitative estimate of drug-likeness (QED) is 0.150. The van der Waals surface area contributed by atoms with Crippen molar-refractivity contribution in [3.05, 3.63) is 102 Å². The van der Waals surface area contributed by atoms with Gasteiger partial charge < -0.3 is 4.74 Å². The van der Waals surface area contributed by atoms with E-state index in [1.54, 1.807) is 36.4 Å². The summed E-state index contributed by atoms with van der Waals surface area (Å²) in [4.78, 5) is 10.3. The first-order valence-electron chi connectivity index (χ1n) is 8.61. The van der Waals surface area contributed by atoms with Crippen LogP contribution in [-0.4, -0.2) is 4.92 Å². The number of ether oxygens (including phenoxy) is 1. The van der Waals surface area contributed by atoms with E-state index in [0.717, 1.165) is 4.47 Å². The maximum atomic E-state index is 13.9. The number of allylic oxidation sites excluding steroid dienone is 1. The number of rotatable bonds is 6. The molecule has 0 aliphatic heterocycles. The van der Waals surface area contributed by atoms with E-state index in [1.165, 1.54) is 30.3 Å². The minimum Gasteiger partial charge on any atom is -0.487 e. The molecule has 3 aromatic carbocycles. The Labute approximate surface area is 188 Å². The van der Waals surface area contributed by atoms with E-state index in [1.807, 2.05) is 0 Å². The molecule has 0 fully saturated rings. The smallest absolute Gasteiger partial charge is 0.269 e. The molecule has 0 aliphatic carbocycles. The van der Waals surface area contributed by atoms with Crippen molar-refractivity contribution in [1.82, 2.24) is 0 Å². The zero-order valence-electron chi connectivity index (χ0n) is 15.3. The number of hydrogen-bond donors (Lipinski definition) is 0. The van der Waals surface area contributed by atoms with Crippen LogP contribution in [0.3, 0.4) is 0 Å². The molecule has 0 spiro atoms. The van der Waals surface area contributed by atoms with Gasteiger partial charge in [-0.1, -0.05) is 34.1 Å². The van der Waals surface area contributed by atoms with Gasteiger partial charge in [-0.15, -0.1) is 0 Å². The van der Waals surface area contributed by atoms with Crippen molar-refractivity contribution in [3.63, 3.8) is 0 Å². The summed E-state index contributed by atoms with van der Waals surface area (Å²) in [6, 6.07) is 17.7. The number of benzene rings is 3. The van der Waals surface area contributed by atoms with Gasteiger partial charge in [0.1, 0.15) is 18.2 Å². The molecule has 0 amide bonds. The summed E-state index contributed by atoms with van der Waals surface area (Å²) in [7, 11) is 0. The Morgan fingerprint density at radius 2 is 1.87 bits per heavy atom. The zero-order valence-corrected chi connectivity index (χ0v) is 18.5. The van der Waals surface area contributed by atoms with Crippen LogP contribution in [0.5, 0.6) is 5.75 Å². The van der Waals surface area contributed by atoms with Gasteiger partial charge in [0.25, 0.3) is 5.69 Å². The van der Waals surface area contributed by atoms with E-state index in [-0.39, 0.29) is 18.1 Å². The number of nitro benzene ring substituents is 1. The van der Waals surface area contributed by atoms with Crippen LogP contribution in [0.4, 0.5) is 10.1 Å². The highest BCUT2D eigenvalue weighted by molar-refractivity contribution is 9.11. The van der Waals surface area contributed by atoms with Crippen LogP contribution < -0.4 is 4.74 Å². The summed E-state index contributed by atoms with van der Waals surface area (Å²) in [6.07, 6.45) is 1.62. The number of hydrogen-bond acceptors (Lipinski definition) is 4. The first-order chi connectivity index (χ1) is 14.4. The van der Waals surface area contributed by atoms with Gasteiger partial charge >= 0.3 is 0 Å². The highest BCUT2D eigenvalue weighted by Gasteiger charge is 2.13. The van der Waals surface area contributed by atoms with Crippen LogP contribution >= 0.6 is 31.9 Å². The Bertz CT molecular complexity index is 1170. The Balaban J connectivity index is 1.98. The summed E-state index contributed by atoms with van der Waals surface area (Å²) in [6.45, 7) is 0.00711. The molecule has 3 rings (SSSR count). The van der Waals surface area contributed by atoms with E-state index >= 15 is 0 Å². The lowest BCUT2D eigenvalue weighted by Gasteiger charge is -2.13. The van der Waals surface area contributed by atoms with Gasteiger partial charge in [0.05, 0.1) is 21.0 Å². The second-order valence-corrected chi connectivity index (χ2v) is 7.93. The number of halogens is 3. The normalized spacial score (nSPS) is 11.1. The van der Waals surface area contributed by atoms with Crippen LogP contribution in [0, 0.1) is 27.3 Å². The third kappa shape index (κ3) is 5.12. The average molecular weight is 532 g/mol. The molecule has 0 unspecified atom stereocenters. The molecular weight excluding hydrogens is 519 g/mol. The Kier molecular flexibility index (Phi) is 6.98. The highest BCUT2D eigenvalue weighted by atomic mass is 79.9. The predicted molar refractivity (Wildman–Crippen MR) is 119 cm³/mol. The molecule has 0 radical (unpaired) electrons. The Morgan fingerprint density at radius 1 is 1.17 bits per heavy atom. The van der Waals surface area contributed by atoms with Gasteiger partial charge in [-0.25, -0.2) is 4.39 Å². The maximum Gasteiger partial charge on any atom is 0.269 e. The van der Waals surface area contributed by atoms with Gasteiger partial charge in [-0.05, 0) is 57.9 Å². The summed E-state index contributed by atoms with van der Waals surface area (Å²) in [5.41, 5.74) is 1.75. The standard InChI is InChI=1S/C22H13Br2FN2O3/c23-18-10-16(9-17(12-26)14-5-7-19(8-6-14)27(28)29)22(20(24)11-18)30-13-15-3-1-2-4-21(15)25/h1-11H,13H2/b17-9+. The van der Waals surface area contributed by atoms with Crippen LogP contribution in [0.1, 0.15) is 16.7 Å². The third-order valence-corrected chi connectivity index (χ3v) is 5.22. The molecular formula is C22H13Br2FN2O3. The molecule has 0 atom stereocenters. The van der Waals surface area contributed by atoms with Gasteiger partial charge in [-0.2, -0.15) is 5.26 Å². The summed E-state index contributed by atoms with van der Waals surface area (Å²) in [5, 5.41) is 20.5. The van der Waals surface area contributed by atoms with Gasteiger partial charge in [0, 0.05) is 27.7 Å². The average Bonchev–Trinajstić information content (AvgIpc) is 2.72. The first-order valence-corrected chi connectivity index (χ1v) is 10.2. The molecule has 150 valence electrons. The Morgan fingerprint density at radius 3 is 2.50 bits per heavy atom. The molecule has 0 saturated carbocycles. The number of nitrogens with zero attached hydrogens (tertiary/aromatic N) is 2. The predicted octanol–water partition coefficient (Wildman–Crippen LogP) is 6.90. The van der Waals surface area contributed by atoms with Crippen molar-refractivity contribution in [2.45, 2.75) is 6.61 Å². The fraction of sp³-hybridized carbons (Fsp3) is 0.0455. The second kappa shape index (κ2) is 9.65. The van der Waals surface area contributed by atoms with Crippen molar-refractivity contribution in [2.24, 2.45) is 0 Å². The molecule has 8 heteroatoms. The van der Waals surface area contributed by atoms with Crippen LogP contribution in [0.2, 0.25) is 0 Å². The van der Waals surface area contributed by atoms with Crippen molar-refractivity contribution >= 4 is 49.2 Å². The lowest BCUT2D eigenvalue weighted by Crippen LogP contribution is -2.00. The SMILES string of the molecule is N#C/C(=C\c1cc(Br)cc(Br)c1OCc1ccccc1F)c1ccc([N+](=O)[O-])cc1. The van der Waals surface area contributed by atoms with Crippen LogP contribution in [0.25, 0.3) is 11.6 Å². The van der Waals surface area contributed by atoms with E-state index in [9.17, 15) is 19.8 Å². The van der Waals surface area contributed by atoms with Gasteiger partial charge in [0.15, 0.2) is 0 Å². The largest absolute Gasteiger partial charge is 0.487 e. The van der Waals surface area contributed by atoms with Crippen molar-refractivity contribution in [1.29, 1.82) is 5.26 Å². The lowest BCUT2D eigenvalue weighted by atomic mass is 10.0. The van der Waals surface area contributed by atoms with E-state index < -0.39 is 4.92 Å². The molecule has 30 heavy (non-hydrogen) atoms. The molecule has 0 heterocycles. The van der Waals surface area contributed by atoms with Crippen molar-refractivity contribution in [3.8, 4) is 11.8 Å². The summed E-state index contributed by atoms with van der Waals surface area (Å²) < 4.78 is 21.2. The molecule has 0 N–H and O–H groups in total. The molecule has 0 aromatic heterocycles. The third-order valence-electron chi connectivity index (χ3n) is 4.18. The first kappa shape index (κ1) is 21.7. The van der Waals surface area contributed by atoms with Gasteiger partial charge in [-0.3, -0.25) is 10.1 Å². The number of nitro groups is 1. The molecule has 5 nitrogen and oxygen atoms in total. The van der Waals surface area contributed by atoms with Gasteiger partial charge in [0.2, 0.25) is 0 Å². The number of non-ortho nitro benzene ring substituents is 1. The van der Waals surface area contributed by atoms with Crippen LogP contribution in [0.15, 0.2) is 69.6 Å². The molecule has 0 aliphatic rings. The van der Waals surface area contributed by atoms with Crippen LogP contribution in [-0.2, 0) is 6.61 Å². The van der Waals surface area contributed by atoms with E-state index in [2.05, 4.69) is 37.9 Å². The molecule has 3 aromatic rings. The second-order valence-electron chi connectivity index (χ2n) is 6.16. The minimum absolute atomic E-state index is 0.00711. The lowest BCUT2D eigenvalue weighted by molar-refractivity contribution is -0.384. The Hall–Kier alpha value is -3.02. The minimum atomic E-state index is -0.500. The fourth-order valence-corrected chi connectivity index (χ4v) is 4.08. The topological polar surface area (TPSA) is 76.2 Å². The molecule has 0 saturated heterocycles. The zero-order chi connectivity index (χ0) is 21.7. The van der Waals surface area contributed by atoms with Crippen molar-refractivity contribution < 1.29 is 14.1 Å². The fourth-order valence-electron chi connectivity index (χ4n) is 2.70. The maximum absolute atomic E-state index is 13.9. The molecule has 0 bridgehead atoms.